The molecular weight excluding hydrogens is 757 g/mol. The lowest BCUT2D eigenvalue weighted by atomic mass is 10.1. The van der Waals surface area contributed by atoms with Crippen LogP contribution < -0.4 is 0 Å². The number of hydrogen-bond donors (Lipinski definition) is 0. The van der Waals surface area contributed by atoms with Crippen LogP contribution in [0.3, 0.4) is 0 Å². The highest BCUT2D eigenvalue weighted by Gasteiger charge is 2.19. The minimum atomic E-state index is -0.848. The van der Waals surface area contributed by atoms with Gasteiger partial charge in [-0.25, -0.2) is 0 Å². The van der Waals surface area contributed by atoms with E-state index in [2.05, 4.69) is 93.7 Å². The maximum Gasteiger partial charge on any atom is 0.306 e. The second kappa shape index (κ2) is 49.2. The number of unbranched alkanes of at least 4 members (excludes halogenated alkanes) is 19. The molecule has 1 unspecified atom stereocenters. The first-order chi connectivity index (χ1) is 30.0. The molecule has 0 fully saturated rings. The Balaban J connectivity index is 4.58. The molecule has 0 amide bonds. The quantitative estimate of drug-likeness (QED) is 0.0263. The lowest BCUT2D eigenvalue weighted by molar-refractivity contribution is -0.166. The van der Waals surface area contributed by atoms with Crippen molar-refractivity contribution in [2.75, 3.05) is 13.2 Å². The molecule has 6 nitrogen and oxygen atoms in total. The molecule has 0 rings (SSSR count). The number of allylic oxidation sites excluding steroid dienone is 14. The van der Waals surface area contributed by atoms with E-state index in [0.717, 1.165) is 44.9 Å². The van der Waals surface area contributed by atoms with E-state index in [1.54, 1.807) is 0 Å². The van der Waals surface area contributed by atoms with Crippen molar-refractivity contribution in [3.05, 3.63) is 85.1 Å². The molecule has 0 aromatic heterocycles. The Morgan fingerprint density at radius 2 is 0.623 bits per heavy atom. The van der Waals surface area contributed by atoms with Crippen molar-refractivity contribution in [2.24, 2.45) is 0 Å². The van der Waals surface area contributed by atoms with Crippen LogP contribution in [0.5, 0.6) is 0 Å². The minimum Gasteiger partial charge on any atom is -0.462 e. The van der Waals surface area contributed by atoms with Gasteiger partial charge in [-0.2, -0.15) is 0 Å². The van der Waals surface area contributed by atoms with Gasteiger partial charge < -0.3 is 14.2 Å². The number of esters is 3. The topological polar surface area (TPSA) is 78.9 Å². The summed E-state index contributed by atoms with van der Waals surface area (Å²) in [5, 5.41) is 0. The van der Waals surface area contributed by atoms with Crippen LogP contribution in [0.4, 0.5) is 0 Å². The summed E-state index contributed by atoms with van der Waals surface area (Å²) < 4.78 is 16.6. The maximum atomic E-state index is 12.7. The molecule has 0 radical (unpaired) electrons. The average molecular weight is 849 g/mol. The Hall–Kier alpha value is -3.41. The van der Waals surface area contributed by atoms with E-state index in [1.807, 2.05) is 12.2 Å². The summed E-state index contributed by atoms with van der Waals surface area (Å²) in [6.45, 7) is 6.45. The molecule has 0 aromatic carbocycles. The van der Waals surface area contributed by atoms with Gasteiger partial charge >= 0.3 is 17.9 Å². The Morgan fingerprint density at radius 3 is 1.02 bits per heavy atom. The van der Waals surface area contributed by atoms with Crippen LogP contribution in [-0.4, -0.2) is 37.2 Å². The van der Waals surface area contributed by atoms with Gasteiger partial charge in [0.15, 0.2) is 6.10 Å². The maximum absolute atomic E-state index is 12.7. The lowest BCUT2D eigenvalue weighted by Crippen LogP contribution is -2.30. The van der Waals surface area contributed by atoms with Crippen molar-refractivity contribution in [1.29, 1.82) is 0 Å². The predicted octanol–water partition coefficient (Wildman–Crippen LogP) is 16.4. The highest BCUT2D eigenvalue weighted by molar-refractivity contribution is 5.71. The molecule has 0 aromatic rings. The zero-order chi connectivity index (χ0) is 44.4. The lowest BCUT2D eigenvalue weighted by Gasteiger charge is -2.18. The van der Waals surface area contributed by atoms with Gasteiger partial charge in [-0.3, -0.25) is 14.4 Å². The third-order valence-electron chi connectivity index (χ3n) is 10.4. The summed E-state index contributed by atoms with van der Waals surface area (Å²) in [4.78, 5) is 37.8. The zero-order valence-corrected chi connectivity index (χ0v) is 39.7. The van der Waals surface area contributed by atoms with Gasteiger partial charge in [0.25, 0.3) is 0 Å². The van der Waals surface area contributed by atoms with Gasteiger partial charge in [0, 0.05) is 19.3 Å². The predicted molar refractivity (Wildman–Crippen MR) is 261 cm³/mol. The molecule has 6 heteroatoms. The molecule has 0 aliphatic carbocycles. The molecule has 0 saturated carbocycles. The molecule has 0 spiro atoms. The summed E-state index contributed by atoms with van der Waals surface area (Å²) in [5.41, 5.74) is 0. The van der Waals surface area contributed by atoms with E-state index in [1.165, 1.54) is 122 Å². The molecule has 0 saturated heterocycles. The minimum absolute atomic E-state index is 0.143. The summed E-state index contributed by atoms with van der Waals surface area (Å²) >= 11 is 0. The second-order valence-electron chi connectivity index (χ2n) is 16.4. The molecule has 348 valence electrons. The van der Waals surface area contributed by atoms with Crippen molar-refractivity contribution in [1.82, 2.24) is 0 Å². The smallest absolute Gasteiger partial charge is 0.306 e. The van der Waals surface area contributed by atoms with Gasteiger partial charge in [-0.15, -0.1) is 0 Å². The number of carbonyl (C=O) groups excluding carboxylic acids is 3. The third-order valence-corrected chi connectivity index (χ3v) is 10.4. The molecule has 1 atom stereocenters. The van der Waals surface area contributed by atoms with Crippen LogP contribution in [0.15, 0.2) is 85.1 Å². The van der Waals surface area contributed by atoms with Crippen LogP contribution in [0, 0.1) is 0 Å². The molecule has 0 bridgehead atoms. The summed E-state index contributed by atoms with van der Waals surface area (Å²) in [6.07, 6.45) is 63.1. The fourth-order valence-electron chi connectivity index (χ4n) is 6.56. The van der Waals surface area contributed by atoms with Crippen LogP contribution in [0.2, 0.25) is 0 Å². The van der Waals surface area contributed by atoms with E-state index in [-0.39, 0.29) is 44.4 Å². The largest absolute Gasteiger partial charge is 0.462 e. The van der Waals surface area contributed by atoms with E-state index < -0.39 is 12.1 Å². The van der Waals surface area contributed by atoms with Gasteiger partial charge in [-0.1, -0.05) is 202 Å². The van der Waals surface area contributed by atoms with Crippen molar-refractivity contribution < 1.29 is 28.6 Å². The number of hydrogen-bond acceptors (Lipinski definition) is 6. The Labute approximate surface area is 375 Å². The number of carbonyl (C=O) groups is 3. The first-order valence-electron chi connectivity index (χ1n) is 25.1. The summed E-state index contributed by atoms with van der Waals surface area (Å²) in [7, 11) is 0. The van der Waals surface area contributed by atoms with Crippen molar-refractivity contribution in [3.63, 3.8) is 0 Å². The normalized spacial score (nSPS) is 12.8. The Morgan fingerprint density at radius 1 is 0.328 bits per heavy atom. The first kappa shape index (κ1) is 57.6. The molecule has 0 aliphatic heterocycles. The van der Waals surface area contributed by atoms with E-state index in [0.29, 0.717) is 19.3 Å². The molecule has 0 heterocycles. The fraction of sp³-hybridized carbons (Fsp3) is 0.691. The van der Waals surface area contributed by atoms with Gasteiger partial charge in [-0.05, 0) is 89.9 Å². The summed E-state index contributed by atoms with van der Waals surface area (Å²) in [5.74, 6) is -1.13. The highest BCUT2D eigenvalue weighted by atomic mass is 16.6. The average Bonchev–Trinajstić information content (AvgIpc) is 3.26. The fourth-order valence-corrected chi connectivity index (χ4v) is 6.56. The van der Waals surface area contributed by atoms with Gasteiger partial charge in [0.1, 0.15) is 13.2 Å². The third kappa shape index (κ3) is 47.5. The monoisotopic (exact) mass is 849 g/mol. The molecule has 61 heavy (non-hydrogen) atoms. The Kier molecular flexibility index (Phi) is 46.5. The first-order valence-corrected chi connectivity index (χ1v) is 25.1. The van der Waals surface area contributed by atoms with Crippen molar-refractivity contribution >= 4 is 17.9 Å². The Bertz CT molecular complexity index is 1200. The van der Waals surface area contributed by atoms with E-state index in [4.69, 9.17) is 14.2 Å². The standard InChI is InChI=1S/C55H92O6/c1-4-7-10-13-16-19-22-25-26-27-28-31-33-36-39-42-45-48-54(57)60-51-52(61-55(58)49-46-43-40-37-34-30-24-21-18-15-12-9-6-3)50-59-53(56)47-44-41-38-35-32-29-23-20-17-14-11-8-5-2/h25-26,28-32,34,36,38-41,43,52H,4-24,27,33,35,37,42,44-51H2,1-3H3/b26-25+,31-28+,32-29+,34-30+,39-36+,41-38+,43-40+. The second-order valence-corrected chi connectivity index (χ2v) is 16.4. The van der Waals surface area contributed by atoms with Crippen LogP contribution in [-0.2, 0) is 28.6 Å². The number of rotatable bonds is 44. The zero-order valence-electron chi connectivity index (χ0n) is 39.7. The number of ether oxygens (including phenoxy) is 3. The van der Waals surface area contributed by atoms with Crippen LogP contribution >= 0.6 is 0 Å². The SMILES string of the molecule is CCCCCCCC/C=C/C/C=C/C/C=C/CCCC(=O)OCC(COC(=O)CC/C=C/C/C=C/CCCCCCCC)OC(=O)CC/C=C/C/C=C/CCCCCCCC. The van der Waals surface area contributed by atoms with Crippen molar-refractivity contribution in [2.45, 2.75) is 232 Å². The highest BCUT2D eigenvalue weighted by Crippen LogP contribution is 2.11. The van der Waals surface area contributed by atoms with Gasteiger partial charge in [0.2, 0.25) is 0 Å². The van der Waals surface area contributed by atoms with Crippen LogP contribution in [0.25, 0.3) is 0 Å². The molecule has 0 N–H and O–H groups in total. The summed E-state index contributed by atoms with van der Waals surface area (Å²) in [6, 6.07) is 0. The van der Waals surface area contributed by atoms with E-state index in [9.17, 15) is 14.4 Å². The molecular formula is C55H92O6. The van der Waals surface area contributed by atoms with Crippen molar-refractivity contribution in [3.8, 4) is 0 Å². The van der Waals surface area contributed by atoms with Gasteiger partial charge in [0.05, 0.1) is 0 Å². The van der Waals surface area contributed by atoms with Crippen LogP contribution in [0.1, 0.15) is 226 Å². The molecule has 0 aliphatic rings. The van der Waals surface area contributed by atoms with E-state index >= 15 is 0 Å².